The third-order valence-corrected chi connectivity index (χ3v) is 1.87. The minimum atomic E-state index is 0.0404. The van der Waals surface area contributed by atoms with Gasteiger partial charge in [0.2, 0.25) is 0 Å². The maximum Gasteiger partial charge on any atom is 0.170 e. The van der Waals surface area contributed by atoms with Crippen LogP contribution in [0.2, 0.25) is 0 Å². The van der Waals surface area contributed by atoms with E-state index in [1.807, 2.05) is 6.92 Å². The standard InChI is InChI=1S/C10H14N2O3/c1-3-15-9-6-7(10(11)12-13)4-5-8(9)14-2/h4-6,13H,3H2,1-2H3,(H2,11,12). The second kappa shape index (κ2) is 5.09. The van der Waals surface area contributed by atoms with Gasteiger partial charge >= 0.3 is 0 Å². The van der Waals surface area contributed by atoms with Crippen LogP contribution < -0.4 is 15.2 Å². The fraction of sp³-hybridized carbons (Fsp3) is 0.300. The molecule has 0 spiro atoms. The molecule has 0 amide bonds. The van der Waals surface area contributed by atoms with Crippen molar-refractivity contribution in [3.8, 4) is 11.5 Å². The molecule has 5 heteroatoms. The van der Waals surface area contributed by atoms with E-state index in [9.17, 15) is 0 Å². The summed E-state index contributed by atoms with van der Waals surface area (Å²) in [6.45, 7) is 2.39. The van der Waals surface area contributed by atoms with Gasteiger partial charge in [-0.15, -0.1) is 0 Å². The van der Waals surface area contributed by atoms with Crippen molar-refractivity contribution in [2.45, 2.75) is 6.92 Å². The summed E-state index contributed by atoms with van der Waals surface area (Å²) in [5.74, 6) is 1.23. The Morgan fingerprint density at radius 2 is 2.20 bits per heavy atom. The number of methoxy groups -OCH3 is 1. The van der Waals surface area contributed by atoms with Crippen molar-refractivity contribution in [2.24, 2.45) is 10.9 Å². The van der Waals surface area contributed by atoms with Crippen molar-refractivity contribution in [3.63, 3.8) is 0 Å². The smallest absolute Gasteiger partial charge is 0.170 e. The van der Waals surface area contributed by atoms with Crippen LogP contribution in [0.25, 0.3) is 0 Å². The van der Waals surface area contributed by atoms with E-state index in [0.717, 1.165) is 0 Å². The van der Waals surface area contributed by atoms with E-state index in [0.29, 0.717) is 23.7 Å². The van der Waals surface area contributed by atoms with Crippen LogP contribution >= 0.6 is 0 Å². The largest absolute Gasteiger partial charge is 0.493 e. The summed E-state index contributed by atoms with van der Waals surface area (Å²) in [5, 5.41) is 11.4. The molecule has 0 unspecified atom stereocenters. The summed E-state index contributed by atoms with van der Waals surface area (Å²) in [5.41, 5.74) is 6.04. The number of hydrogen-bond acceptors (Lipinski definition) is 4. The SMILES string of the molecule is CCOc1cc(C(N)=NO)ccc1OC. The highest BCUT2D eigenvalue weighted by molar-refractivity contribution is 5.97. The molecule has 82 valence electrons. The Kier molecular flexibility index (Phi) is 3.79. The van der Waals surface area contributed by atoms with Crippen LogP contribution in [0.15, 0.2) is 23.4 Å². The molecule has 0 atom stereocenters. The van der Waals surface area contributed by atoms with Crippen molar-refractivity contribution >= 4 is 5.84 Å². The van der Waals surface area contributed by atoms with Crippen LogP contribution in [0, 0.1) is 0 Å². The summed E-state index contributed by atoms with van der Waals surface area (Å²) < 4.78 is 10.4. The first-order valence-corrected chi connectivity index (χ1v) is 4.51. The van der Waals surface area contributed by atoms with Gasteiger partial charge in [0.25, 0.3) is 0 Å². The molecule has 0 aliphatic rings. The Labute approximate surface area is 88.1 Å². The van der Waals surface area contributed by atoms with Gasteiger partial charge in [-0.25, -0.2) is 0 Å². The van der Waals surface area contributed by atoms with Gasteiger partial charge in [-0.3, -0.25) is 0 Å². The fourth-order valence-electron chi connectivity index (χ4n) is 1.16. The van der Waals surface area contributed by atoms with Gasteiger partial charge in [-0.1, -0.05) is 5.16 Å². The summed E-state index contributed by atoms with van der Waals surface area (Å²) in [7, 11) is 1.56. The highest BCUT2D eigenvalue weighted by Gasteiger charge is 2.07. The van der Waals surface area contributed by atoms with Crippen molar-refractivity contribution in [3.05, 3.63) is 23.8 Å². The van der Waals surface area contributed by atoms with Gasteiger partial charge in [0, 0.05) is 5.56 Å². The molecule has 15 heavy (non-hydrogen) atoms. The van der Waals surface area contributed by atoms with E-state index in [-0.39, 0.29) is 5.84 Å². The molecule has 1 aromatic carbocycles. The minimum absolute atomic E-state index is 0.0404. The van der Waals surface area contributed by atoms with Crippen LogP contribution in [-0.4, -0.2) is 24.8 Å². The van der Waals surface area contributed by atoms with Crippen LogP contribution in [0.4, 0.5) is 0 Å². The summed E-state index contributed by atoms with van der Waals surface area (Å²) >= 11 is 0. The first-order chi connectivity index (χ1) is 7.22. The molecule has 0 saturated heterocycles. The van der Waals surface area contributed by atoms with Crippen LogP contribution in [-0.2, 0) is 0 Å². The third kappa shape index (κ3) is 2.52. The first kappa shape index (κ1) is 11.2. The third-order valence-electron chi connectivity index (χ3n) is 1.87. The number of benzene rings is 1. The molecule has 1 rings (SSSR count). The Bertz CT molecular complexity index is 364. The van der Waals surface area contributed by atoms with E-state index in [4.69, 9.17) is 20.4 Å². The lowest BCUT2D eigenvalue weighted by atomic mass is 10.2. The molecule has 0 fully saturated rings. The Hall–Kier alpha value is -1.91. The Balaban J connectivity index is 3.09. The predicted molar refractivity (Wildman–Crippen MR) is 56.7 cm³/mol. The summed E-state index contributed by atoms with van der Waals surface area (Å²) in [6, 6.07) is 5.06. The fourth-order valence-corrected chi connectivity index (χ4v) is 1.16. The zero-order valence-electron chi connectivity index (χ0n) is 8.73. The monoisotopic (exact) mass is 210 g/mol. The molecule has 0 aliphatic heterocycles. The molecule has 0 aliphatic carbocycles. The number of nitrogens with two attached hydrogens (primary N) is 1. The molecule has 0 radical (unpaired) electrons. The second-order valence-electron chi connectivity index (χ2n) is 2.78. The second-order valence-corrected chi connectivity index (χ2v) is 2.78. The number of oxime groups is 1. The van der Waals surface area contributed by atoms with E-state index in [2.05, 4.69) is 5.16 Å². The molecule has 3 N–H and O–H groups in total. The lowest BCUT2D eigenvalue weighted by molar-refractivity contribution is 0.310. The average Bonchev–Trinajstić information content (AvgIpc) is 2.28. The van der Waals surface area contributed by atoms with Crippen LogP contribution in [0.1, 0.15) is 12.5 Å². The van der Waals surface area contributed by atoms with Gasteiger partial charge in [0.15, 0.2) is 17.3 Å². The molecule has 0 bridgehead atoms. The topological polar surface area (TPSA) is 77.1 Å². The van der Waals surface area contributed by atoms with Gasteiger partial charge in [-0.05, 0) is 25.1 Å². The van der Waals surface area contributed by atoms with Crippen LogP contribution in [0.3, 0.4) is 0 Å². The first-order valence-electron chi connectivity index (χ1n) is 4.51. The average molecular weight is 210 g/mol. The number of ether oxygens (including phenoxy) is 2. The van der Waals surface area contributed by atoms with E-state index >= 15 is 0 Å². The lowest BCUT2D eigenvalue weighted by Gasteiger charge is -2.10. The van der Waals surface area contributed by atoms with Crippen molar-refractivity contribution in [1.29, 1.82) is 0 Å². The zero-order valence-corrected chi connectivity index (χ0v) is 8.73. The van der Waals surface area contributed by atoms with Gasteiger partial charge in [0.05, 0.1) is 13.7 Å². The van der Waals surface area contributed by atoms with Gasteiger partial charge in [0.1, 0.15) is 0 Å². The maximum atomic E-state index is 8.53. The zero-order chi connectivity index (χ0) is 11.3. The summed E-state index contributed by atoms with van der Waals surface area (Å²) in [6.07, 6.45) is 0. The number of hydrogen-bond donors (Lipinski definition) is 2. The van der Waals surface area contributed by atoms with Crippen molar-refractivity contribution in [1.82, 2.24) is 0 Å². The van der Waals surface area contributed by atoms with E-state index in [1.165, 1.54) is 0 Å². The van der Waals surface area contributed by atoms with Gasteiger partial charge < -0.3 is 20.4 Å². The van der Waals surface area contributed by atoms with Crippen molar-refractivity contribution < 1.29 is 14.7 Å². The number of amidine groups is 1. The summed E-state index contributed by atoms with van der Waals surface area (Å²) in [4.78, 5) is 0. The van der Waals surface area contributed by atoms with E-state index in [1.54, 1.807) is 25.3 Å². The highest BCUT2D eigenvalue weighted by Crippen LogP contribution is 2.27. The number of nitrogens with zero attached hydrogens (tertiary/aromatic N) is 1. The molecule has 0 heterocycles. The quantitative estimate of drug-likeness (QED) is 0.338. The van der Waals surface area contributed by atoms with E-state index < -0.39 is 0 Å². The molecule has 0 saturated carbocycles. The molecule has 5 nitrogen and oxygen atoms in total. The number of rotatable bonds is 4. The Morgan fingerprint density at radius 3 is 2.73 bits per heavy atom. The molecular weight excluding hydrogens is 196 g/mol. The van der Waals surface area contributed by atoms with Gasteiger partial charge in [-0.2, -0.15) is 0 Å². The van der Waals surface area contributed by atoms with Crippen molar-refractivity contribution in [2.75, 3.05) is 13.7 Å². The minimum Gasteiger partial charge on any atom is -0.493 e. The predicted octanol–water partition coefficient (Wildman–Crippen LogP) is 1.19. The maximum absolute atomic E-state index is 8.53. The highest BCUT2D eigenvalue weighted by atomic mass is 16.5. The molecule has 1 aromatic rings. The molecular formula is C10H14N2O3. The lowest BCUT2D eigenvalue weighted by Crippen LogP contribution is -2.13. The molecule has 0 aromatic heterocycles. The normalized spacial score (nSPS) is 11.2. The Morgan fingerprint density at radius 1 is 1.47 bits per heavy atom. The van der Waals surface area contributed by atoms with Crippen LogP contribution in [0.5, 0.6) is 11.5 Å².